The van der Waals surface area contributed by atoms with Crippen LogP contribution in [0.15, 0.2) is 72.4 Å². The molecule has 3 aromatic carbocycles. The van der Waals surface area contributed by atoms with E-state index in [2.05, 4.69) is 42.3 Å². The molecule has 5 heterocycles. The van der Waals surface area contributed by atoms with E-state index in [-0.39, 0.29) is 40.7 Å². The van der Waals surface area contributed by atoms with Gasteiger partial charge >= 0.3 is 0 Å². The van der Waals surface area contributed by atoms with Crippen molar-refractivity contribution in [3.05, 3.63) is 89.5 Å². The Labute approximate surface area is 371 Å². The van der Waals surface area contributed by atoms with Gasteiger partial charge in [-0.15, -0.1) is 11.8 Å². The third-order valence-electron chi connectivity index (χ3n) is 11.8. The third kappa shape index (κ3) is 9.68. The Bertz CT molecular complexity index is 2500. The lowest BCUT2D eigenvalue weighted by molar-refractivity contribution is -0.136. The number of amides is 6. The number of imide groups is 2. The van der Waals surface area contributed by atoms with E-state index in [0.717, 1.165) is 56.9 Å². The highest BCUT2D eigenvalue weighted by molar-refractivity contribution is 8.00. The van der Waals surface area contributed by atoms with Gasteiger partial charge in [-0.25, -0.2) is 14.4 Å². The first-order chi connectivity index (χ1) is 30.5. The molecular weight excluding hydrogens is 853 g/mol. The topological polar surface area (TPSA) is 186 Å². The van der Waals surface area contributed by atoms with Gasteiger partial charge in [0.2, 0.25) is 23.6 Å². The van der Waals surface area contributed by atoms with Crippen LogP contribution in [-0.4, -0.2) is 135 Å². The summed E-state index contributed by atoms with van der Waals surface area (Å²) in [5, 5.41) is 8.74. The molecule has 3 fully saturated rings. The summed E-state index contributed by atoms with van der Waals surface area (Å²) in [6.45, 7) is 9.41. The number of carbonyl (C=O) groups excluding carboxylic acids is 6. The van der Waals surface area contributed by atoms with Gasteiger partial charge in [-0.05, 0) is 81.2 Å². The normalized spacial score (nSPS) is 18.7. The van der Waals surface area contributed by atoms with Crippen molar-refractivity contribution in [2.75, 3.05) is 68.8 Å². The Balaban J connectivity index is 0.782. The van der Waals surface area contributed by atoms with Crippen molar-refractivity contribution in [1.82, 2.24) is 34.9 Å². The minimum atomic E-state index is -1.05. The van der Waals surface area contributed by atoms with Crippen LogP contribution < -0.4 is 20.7 Å². The van der Waals surface area contributed by atoms with Crippen LogP contribution in [-0.2, 0) is 19.2 Å². The molecule has 0 saturated carbocycles. The van der Waals surface area contributed by atoms with E-state index in [1.807, 2.05) is 4.90 Å². The molecule has 0 bridgehead atoms. The first kappa shape index (κ1) is 43.7. The fraction of sp³-hybridized carbons (Fsp3) is 0.364. The lowest BCUT2D eigenvalue weighted by atomic mass is 10.0. The Morgan fingerprint density at radius 1 is 0.984 bits per heavy atom. The average molecular weight is 898 g/mol. The molecule has 8 rings (SSSR count). The van der Waals surface area contributed by atoms with E-state index in [1.54, 1.807) is 36.4 Å². The number of piperidine rings is 2. The molecule has 63 heavy (non-hydrogen) atoms. The Morgan fingerprint density at radius 2 is 1.78 bits per heavy atom. The molecule has 3 saturated heterocycles. The number of hydrogen-bond donors (Lipinski definition) is 3. The van der Waals surface area contributed by atoms with Gasteiger partial charge in [-0.3, -0.25) is 43.9 Å². The molecule has 0 spiro atoms. The standard InChI is InChI=1S/C44H45ClFN9O7S/c1-2-37(56)50-33-22-29-32(47-25-48-41(29)49-26-7-8-31(46)30(45)21-26)23-35(33)62-20-4-13-52-14-11-27(12-15-52)53-16-18-54(19-17-53)39(58)24-63-36-6-3-5-28-40(36)44(61)55(43(28)60)34-9-10-38(57)51-42(34)59/h2-3,5-8,21-23,25,27,34H,1,4,9-20,24H2,(H,50,56)(H,47,48,49)(H,51,57,59). The number of likely N-dealkylation sites (tertiary alicyclic amines) is 1. The van der Waals surface area contributed by atoms with Crippen LogP contribution in [0, 0.1) is 5.82 Å². The number of nitrogens with zero attached hydrogens (tertiary/aromatic N) is 6. The van der Waals surface area contributed by atoms with E-state index in [9.17, 15) is 33.2 Å². The predicted octanol–water partition coefficient (Wildman–Crippen LogP) is 4.86. The van der Waals surface area contributed by atoms with Gasteiger partial charge in [0, 0.05) is 67.2 Å². The second-order valence-corrected chi connectivity index (χ2v) is 17.1. The van der Waals surface area contributed by atoms with Gasteiger partial charge in [-0.1, -0.05) is 24.2 Å². The van der Waals surface area contributed by atoms with E-state index >= 15 is 0 Å². The van der Waals surface area contributed by atoms with Gasteiger partial charge in [0.15, 0.2) is 0 Å². The number of halogens is 2. The van der Waals surface area contributed by atoms with Gasteiger partial charge in [0.1, 0.15) is 29.8 Å². The second kappa shape index (κ2) is 19.2. The van der Waals surface area contributed by atoms with Crippen molar-refractivity contribution < 1.29 is 37.9 Å². The third-order valence-corrected chi connectivity index (χ3v) is 13.1. The molecule has 0 aliphatic carbocycles. The highest BCUT2D eigenvalue weighted by atomic mass is 35.5. The van der Waals surface area contributed by atoms with Crippen LogP contribution in [0.3, 0.4) is 0 Å². The molecular formula is C44H45ClFN9O7S. The van der Waals surface area contributed by atoms with Crippen LogP contribution in [0.5, 0.6) is 5.75 Å². The highest BCUT2D eigenvalue weighted by Crippen LogP contribution is 2.36. The summed E-state index contributed by atoms with van der Waals surface area (Å²) in [6.07, 6.45) is 5.47. The number of aromatic nitrogens is 2. The highest BCUT2D eigenvalue weighted by Gasteiger charge is 2.45. The average Bonchev–Trinajstić information content (AvgIpc) is 3.54. The number of benzene rings is 3. The van der Waals surface area contributed by atoms with E-state index in [0.29, 0.717) is 64.5 Å². The molecule has 4 aromatic rings. The number of nitrogens with one attached hydrogen (secondary N) is 3. The minimum absolute atomic E-state index is 0.0327. The Morgan fingerprint density at radius 3 is 2.52 bits per heavy atom. The zero-order chi connectivity index (χ0) is 44.2. The number of hydrogen-bond acceptors (Lipinski definition) is 13. The molecule has 328 valence electrons. The van der Waals surface area contributed by atoms with Crippen LogP contribution in [0.25, 0.3) is 10.9 Å². The maximum Gasteiger partial charge on any atom is 0.263 e. The van der Waals surface area contributed by atoms with E-state index < -0.39 is 41.4 Å². The van der Waals surface area contributed by atoms with Gasteiger partial charge in [0.05, 0.1) is 39.7 Å². The fourth-order valence-electron chi connectivity index (χ4n) is 8.44. The summed E-state index contributed by atoms with van der Waals surface area (Å²) >= 11 is 7.19. The van der Waals surface area contributed by atoms with Crippen LogP contribution in [0.1, 0.15) is 52.8 Å². The van der Waals surface area contributed by atoms with Gasteiger partial charge < -0.3 is 25.2 Å². The van der Waals surface area contributed by atoms with Crippen LogP contribution >= 0.6 is 23.4 Å². The fourth-order valence-corrected chi connectivity index (χ4v) is 9.60. The molecule has 1 aromatic heterocycles. The number of carbonyl (C=O) groups is 6. The number of piperazine rings is 1. The zero-order valence-corrected chi connectivity index (χ0v) is 35.8. The lowest BCUT2D eigenvalue weighted by Crippen LogP contribution is -2.54. The molecule has 6 amide bonds. The molecule has 3 N–H and O–H groups in total. The van der Waals surface area contributed by atoms with Crippen molar-refractivity contribution in [2.24, 2.45) is 0 Å². The Kier molecular flexibility index (Phi) is 13.3. The first-order valence-electron chi connectivity index (χ1n) is 20.8. The second-order valence-electron chi connectivity index (χ2n) is 15.6. The Hall–Kier alpha value is -5.95. The largest absolute Gasteiger partial charge is 0.491 e. The summed E-state index contributed by atoms with van der Waals surface area (Å²) in [6, 6.07) is 12.0. The van der Waals surface area contributed by atoms with Gasteiger partial charge in [-0.2, -0.15) is 0 Å². The summed E-state index contributed by atoms with van der Waals surface area (Å²) in [7, 11) is 0. The van der Waals surface area contributed by atoms with Crippen molar-refractivity contribution in [2.45, 2.75) is 49.1 Å². The smallest absolute Gasteiger partial charge is 0.263 e. The maximum atomic E-state index is 13.7. The molecule has 1 unspecified atom stereocenters. The molecule has 4 aliphatic heterocycles. The van der Waals surface area contributed by atoms with E-state index in [4.69, 9.17) is 16.3 Å². The molecule has 19 heteroatoms. The van der Waals surface area contributed by atoms with E-state index in [1.165, 1.54) is 36.3 Å². The lowest BCUT2D eigenvalue weighted by Gasteiger charge is -2.42. The SMILES string of the molecule is C=CC(=O)Nc1cc2c(Nc3ccc(F)c(Cl)c3)ncnc2cc1OCCCN1CCC(N2CCN(C(=O)CSc3cccc4c3C(=O)N(C3CCC(=O)NC3=O)C4=O)CC2)CC1. The monoisotopic (exact) mass is 897 g/mol. The number of anilines is 3. The number of fused-ring (bicyclic) bond motifs is 2. The first-order valence-corrected chi connectivity index (χ1v) is 22.1. The number of ether oxygens (including phenoxy) is 1. The number of rotatable bonds is 14. The predicted molar refractivity (Wildman–Crippen MR) is 235 cm³/mol. The van der Waals surface area contributed by atoms with Crippen molar-refractivity contribution in [3.8, 4) is 5.75 Å². The van der Waals surface area contributed by atoms with Crippen molar-refractivity contribution in [1.29, 1.82) is 0 Å². The number of thioether (sulfide) groups is 1. The quantitative estimate of drug-likeness (QED) is 0.0675. The van der Waals surface area contributed by atoms with Crippen LogP contribution in [0.2, 0.25) is 5.02 Å². The molecule has 0 radical (unpaired) electrons. The molecule has 1 atom stereocenters. The van der Waals surface area contributed by atoms with Crippen molar-refractivity contribution in [3.63, 3.8) is 0 Å². The summed E-state index contributed by atoms with van der Waals surface area (Å²) in [4.78, 5) is 93.5. The zero-order valence-electron chi connectivity index (χ0n) is 34.2. The minimum Gasteiger partial charge on any atom is -0.491 e. The summed E-state index contributed by atoms with van der Waals surface area (Å²) in [5.74, 6) is -2.25. The van der Waals surface area contributed by atoms with Crippen LogP contribution in [0.4, 0.5) is 21.6 Å². The van der Waals surface area contributed by atoms with Gasteiger partial charge in [0.25, 0.3) is 11.8 Å². The molecule has 4 aliphatic rings. The van der Waals surface area contributed by atoms with Crippen molar-refractivity contribution >= 4 is 86.9 Å². The maximum absolute atomic E-state index is 13.7. The molecule has 16 nitrogen and oxygen atoms in total. The summed E-state index contributed by atoms with van der Waals surface area (Å²) < 4.78 is 20.0. The summed E-state index contributed by atoms with van der Waals surface area (Å²) in [5.41, 5.74) is 1.92.